The average Bonchev–Trinajstić information content (AvgIpc) is 2.85. The van der Waals surface area contributed by atoms with Gasteiger partial charge in [-0.05, 0) is 61.6 Å². The molecule has 1 aliphatic carbocycles. The Morgan fingerprint density at radius 1 is 0.886 bits per heavy atom. The Bertz CT molecular complexity index is 1340. The van der Waals surface area contributed by atoms with Crippen LogP contribution in [0.3, 0.4) is 0 Å². The standard InChI is InChI=1S/C30H27FN2O2/c1-18-8-10-21(11-9-18)28-27(30(35)33-24-14-12-23(31)13-15-24)19(2)32-25-16-22(17-26(34)29(25)28)20-6-4-3-5-7-20/h3-15,22,28,32H,16-17H2,1-2H3,(H,33,35)/t22-,28+/m1/s1. The Labute approximate surface area is 204 Å². The number of amides is 1. The second-order valence-corrected chi connectivity index (χ2v) is 9.30. The van der Waals surface area contributed by atoms with Crippen molar-refractivity contribution in [1.29, 1.82) is 0 Å². The van der Waals surface area contributed by atoms with E-state index in [0.717, 1.165) is 28.1 Å². The summed E-state index contributed by atoms with van der Waals surface area (Å²) in [6, 6.07) is 23.8. The van der Waals surface area contributed by atoms with Gasteiger partial charge in [-0.15, -0.1) is 0 Å². The number of benzene rings is 3. The molecule has 0 bridgehead atoms. The summed E-state index contributed by atoms with van der Waals surface area (Å²) >= 11 is 0. The van der Waals surface area contributed by atoms with Gasteiger partial charge >= 0.3 is 0 Å². The molecule has 4 nitrogen and oxygen atoms in total. The zero-order valence-corrected chi connectivity index (χ0v) is 19.8. The lowest BCUT2D eigenvalue weighted by Crippen LogP contribution is -2.37. The highest BCUT2D eigenvalue weighted by atomic mass is 19.1. The van der Waals surface area contributed by atoms with E-state index in [9.17, 15) is 14.0 Å². The van der Waals surface area contributed by atoms with E-state index in [-0.39, 0.29) is 23.4 Å². The molecule has 2 N–H and O–H groups in total. The Hall–Kier alpha value is -3.99. The van der Waals surface area contributed by atoms with Gasteiger partial charge in [-0.2, -0.15) is 0 Å². The molecule has 35 heavy (non-hydrogen) atoms. The molecule has 0 spiro atoms. The Balaban J connectivity index is 1.55. The third-order valence-corrected chi connectivity index (χ3v) is 6.86. The monoisotopic (exact) mass is 466 g/mol. The zero-order valence-electron chi connectivity index (χ0n) is 19.8. The van der Waals surface area contributed by atoms with Gasteiger partial charge < -0.3 is 10.6 Å². The second-order valence-electron chi connectivity index (χ2n) is 9.30. The molecule has 0 radical (unpaired) electrons. The van der Waals surface area contributed by atoms with E-state index in [0.29, 0.717) is 29.7 Å². The number of ketones is 1. The highest BCUT2D eigenvalue weighted by Crippen LogP contribution is 2.45. The van der Waals surface area contributed by atoms with Crippen molar-refractivity contribution >= 4 is 17.4 Å². The lowest BCUT2D eigenvalue weighted by Gasteiger charge is -2.37. The molecular weight excluding hydrogens is 439 g/mol. The van der Waals surface area contributed by atoms with Crippen LogP contribution in [-0.4, -0.2) is 11.7 Å². The molecule has 1 aliphatic heterocycles. The molecule has 1 heterocycles. The van der Waals surface area contributed by atoms with Crippen molar-refractivity contribution in [2.75, 3.05) is 5.32 Å². The normalized spacial score (nSPS) is 19.8. The number of hydrogen-bond donors (Lipinski definition) is 2. The molecular formula is C30H27FN2O2. The van der Waals surface area contributed by atoms with Gasteiger partial charge in [0.15, 0.2) is 5.78 Å². The maximum absolute atomic E-state index is 13.6. The molecule has 0 aromatic heterocycles. The van der Waals surface area contributed by atoms with Gasteiger partial charge in [-0.3, -0.25) is 9.59 Å². The quantitative estimate of drug-likeness (QED) is 0.486. The summed E-state index contributed by atoms with van der Waals surface area (Å²) < 4.78 is 13.4. The predicted molar refractivity (Wildman–Crippen MR) is 135 cm³/mol. The lowest BCUT2D eigenvalue weighted by atomic mass is 9.71. The summed E-state index contributed by atoms with van der Waals surface area (Å²) in [4.78, 5) is 27.2. The SMILES string of the molecule is CC1=C(C(=O)Nc2ccc(F)cc2)[C@H](c2ccc(C)cc2)C2=C(C[C@@H](c3ccccc3)CC2=O)N1. The van der Waals surface area contributed by atoms with Crippen LogP contribution >= 0.6 is 0 Å². The number of allylic oxidation sites excluding steroid dienone is 3. The molecule has 5 rings (SSSR count). The fourth-order valence-electron chi connectivity index (χ4n) is 5.12. The minimum atomic E-state index is -0.475. The van der Waals surface area contributed by atoms with Gasteiger partial charge in [-0.25, -0.2) is 4.39 Å². The van der Waals surface area contributed by atoms with Crippen LogP contribution in [0.4, 0.5) is 10.1 Å². The maximum atomic E-state index is 13.6. The van der Waals surface area contributed by atoms with Crippen LogP contribution in [0.25, 0.3) is 0 Å². The Morgan fingerprint density at radius 3 is 2.26 bits per heavy atom. The number of halogens is 1. The second kappa shape index (κ2) is 9.34. The minimum absolute atomic E-state index is 0.0535. The number of rotatable bonds is 4. The topological polar surface area (TPSA) is 58.2 Å². The predicted octanol–water partition coefficient (Wildman–Crippen LogP) is 6.13. The number of aryl methyl sites for hydroxylation is 1. The number of nitrogens with one attached hydrogen (secondary N) is 2. The first kappa shape index (κ1) is 22.8. The van der Waals surface area contributed by atoms with Crippen molar-refractivity contribution in [3.8, 4) is 0 Å². The zero-order chi connectivity index (χ0) is 24.5. The molecule has 3 aromatic carbocycles. The average molecular weight is 467 g/mol. The van der Waals surface area contributed by atoms with Crippen LogP contribution in [0.5, 0.6) is 0 Å². The van der Waals surface area contributed by atoms with Crippen molar-refractivity contribution in [2.45, 2.75) is 38.5 Å². The van der Waals surface area contributed by atoms with Crippen molar-refractivity contribution in [1.82, 2.24) is 5.32 Å². The first-order valence-corrected chi connectivity index (χ1v) is 11.8. The van der Waals surface area contributed by atoms with Gasteiger partial charge in [0.25, 0.3) is 5.91 Å². The summed E-state index contributed by atoms with van der Waals surface area (Å²) in [5.41, 5.74) is 6.42. The van der Waals surface area contributed by atoms with Gasteiger partial charge in [0, 0.05) is 40.6 Å². The lowest BCUT2D eigenvalue weighted by molar-refractivity contribution is -0.116. The molecule has 176 valence electrons. The van der Waals surface area contributed by atoms with E-state index in [1.807, 2.05) is 56.3 Å². The van der Waals surface area contributed by atoms with Gasteiger partial charge in [-0.1, -0.05) is 60.2 Å². The van der Waals surface area contributed by atoms with Crippen molar-refractivity contribution < 1.29 is 14.0 Å². The smallest absolute Gasteiger partial charge is 0.254 e. The highest BCUT2D eigenvalue weighted by Gasteiger charge is 2.40. The maximum Gasteiger partial charge on any atom is 0.254 e. The molecule has 2 aliphatic rings. The molecule has 0 saturated heterocycles. The van der Waals surface area contributed by atoms with Crippen LogP contribution < -0.4 is 10.6 Å². The summed E-state index contributed by atoms with van der Waals surface area (Å²) in [6.45, 7) is 3.89. The van der Waals surface area contributed by atoms with Gasteiger partial charge in [0.2, 0.25) is 0 Å². The van der Waals surface area contributed by atoms with Crippen LogP contribution in [0.15, 0.2) is 101 Å². The third-order valence-electron chi connectivity index (χ3n) is 6.86. The molecule has 2 atom stereocenters. The molecule has 3 aromatic rings. The molecule has 0 fully saturated rings. The number of Topliss-reactive ketones (excluding diaryl/α,β-unsaturated/α-hetero) is 1. The van der Waals surface area contributed by atoms with Crippen LogP contribution in [0.1, 0.15) is 48.3 Å². The van der Waals surface area contributed by atoms with Crippen molar-refractivity contribution in [2.24, 2.45) is 0 Å². The third kappa shape index (κ3) is 4.54. The van der Waals surface area contributed by atoms with E-state index < -0.39 is 5.92 Å². The number of carbonyl (C=O) groups excluding carboxylic acids is 2. The molecule has 5 heteroatoms. The minimum Gasteiger partial charge on any atom is -0.362 e. The summed E-state index contributed by atoms with van der Waals surface area (Å²) in [7, 11) is 0. The molecule has 0 saturated carbocycles. The van der Waals surface area contributed by atoms with Crippen LogP contribution in [0, 0.1) is 12.7 Å². The highest BCUT2D eigenvalue weighted by molar-refractivity contribution is 6.10. The number of carbonyl (C=O) groups is 2. The van der Waals surface area contributed by atoms with Crippen molar-refractivity contribution in [3.63, 3.8) is 0 Å². The molecule has 0 unspecified atom stereocenters. The van der Waals surface area contributed by atoms with E-state index in [1.54, 1.807) is 0 Å². The summed E-state index contributed by atoms with van der Waals surface area (Å²) in [5.74, 6) is -1.01. The van der Waals surface area contributed by atoms with Gasteiger partial charge in [0.1, 0.15) is 5.82 Å². The van der Waals surface area contributed by atoms with E-state index in [2.05, 4.69) is 22.8 Å². The largest absolute Gasteiger partial charge is 0.362 e. The first-order valence-electron chi connectivity index (χ1n) is 11.8. The Kier molecular flexibility index (Phi) is 6.08. The van der Waals surface area contributed by atoms with E-state index >= 15 is 0 Å². The van der Waals surface area contributed by atoms with Gasteiger partial charge in [0.05, 0.1) is 0 Å². The molecule has 1 amide bonds. The first-order chi connectivity index (χ1) is 16.9. The number of anilines is 1. The van der Waals surface area contributed by atoms with Crippen LogP contribution in [0.2, 0.25) is 0 Å². The Morgan fingerprint density at radius 2 is 1.57 bits per heavy atom. The van der Waals surface area contributed by atoms with E-state index in [1.165, 1.54) is 24.3 Å². The number of hydrogen-bond acceptors (Lipinski definition) is 3. The summed E-state index contributed by atoms with van der Waals surface area (Å²) in [6.07, 6.45) is 1.11. The number of dihydropyridines is 1. The van der Waals surface area contributed by atoms with E-state index in [4.69, 9.17) is 0 Å². The van der Waals surface area contributed by atoms with Crippen LogP contribution in [-0.2, 0) is 9.59 Å². The fourth-order valence-corrected chi connectivity index (χ4v) is 5.12. The fraction of sp³-hybridized carbons (Fsp3) is 0.200. The van der Waals surface area contributed by atoms with Crippen molar-refractivity contribution in [3.05, 3.63) is 124 Å². The summed E-state index contributed by atoms with van der Waals surface area (Å²) in [5, 5.41) is 6.29.